The lowest BCUT2D eigenvalue weighted by Gasteiger charge is -2.12. The normalized spacial score (nSPS) is 10.1. The first-order valence-electron chi connectivity index (χ1n) is 5.05. The molecule has 0 bridgehead atoms. The van der Waals surface area contributed by atoms with Crippen molar-refractivity contribution in [2.75, 3.05) is 19.0 Å². The van der Waals surface area contributed by atoms with E-state index in [0.29, 0.717) is 5.76 Å². The molecule has 0 spiro atoms. The summed E-state index contributed by atoms with van der Waals surface area (Å²) in [6.07, 6.45) is 0. The Labute approximate surface area is 93.9 Å². The Morgan fingerprint density at radius 3 is 2.38 bits per heavy atom. The Kier molecular flexibility index (Phi) is 2.77. The van der Waals surface area contributed by atoms with E-state index in [1.54, 1.807) is 0 Å². The molecular weight excluding hydrogens is 202 g/mol. The van der Waals surface area contributed by atoms with Crippen LogP contribution >= 0.6 is 0 Å². The Balaban J connectivity index is 2.54. The van der Waals surface area contributed by atoms with Gasteiger partial charge in [0.15, 0.2) is 0 Å². The summed E-state index contributed by atoms with van der Waals surface area (Å²) in [6.45, 7) is 0. The quantitative estimate of drug-likeness (QED) is 0.771. The molecule has 1 aromatic heterocycles. The minimum absolute atomic E-state index is 0.329. The van der Waals surface area contributed by atoms with E-state index >= 15 is 0 Å². The van der Waals surface area contributed by atoms with Crippen LogP contribution in [0.4, 0.5) is 5.69 Å². The van der Waals surface area contributed by atoms with Crippen LogP contribution in [0.1, 0.15) is 0 Å². The first kappa shape index (κ1) is 10.5. The third-order valence-corrected chi connectivity index (χ3v) is 2.33. The van der Waals surface area contributed by atoms with Crippen LogP contribution in [0.2, 0.25) is 0 Å². The van der Waals surface area contributed by atoms with Crippen molar-refractivity contribution < 1.29 is 4.42 Å². The van der Waals surface area contributed by atoms with Gasteiger partial charge in [0.25, 0.3) is 0 Å². The summed E-state index contributed by atoms with van der Waals surface area (Å²) in [6, 6.07) is 12.9. The monoisotopic (exact) mass is 215 g/mol. The van der Waals surface area contributed by atoms with Gasteiger partial charge >= 0.3 is 5.63 Å². The average Bonchev–Trinajstić information content (AvgIpc) is 2.29. The molecule has 2 rings (SSSR count). The van der Waals surface area contributed by atoms with Gasteiger partial charge in [0.1, 0.15) is 5.76 Å². The van der Waals surface area contributed by atoms with Gasteiger partial charge in [0.05, 0.1) is 0 Å². The molecule has 1 heterocycles. The molecule has 3 heteroatoms. The van der Waals surface area contributed by atoms with Gasteiger partial charge in [-0.15, -0.1) is 0 Å². The fraction of sp³-hybridized carbons (Fsp3) is 0.154. The molecule has 0 unspecified atom stereocenters. The third kappa shape index (κ3) is 2.14. The molecule has 0 saturated carbocycles. The molecule has 0 aliphatic heterocycles. The predicted octanol–water partition coefficient (Wildman–Crippen LogP) is 2.37. The first-order valence-corrected chi connectivity index (χ1v) is 5.05. The molecule has 0 aliphatic carbocycles. The van der Waals surface area contributed by atoms with Gasteiger partial charge in [0.2, 0.25) is 0 Å². The highest BCUT2D eigenvalue weighted by atomic mass is 16.4. The minimum Gasteiger partial charge on any atom is -0.423 e. The summed E-state index contributed by atoms with van der Waals surface area (Å²) in [4.78, 5) is 13.3. The summed E-state index contributed by atoms with van der Waals surface area (Å²) in [7, 11) is 3.78. The number of nitrogens with zero attached hydrogens (tertiary/aromatic N) is 1. The van der Waals surface area contributed by atoms with E-state index in [1.807, 2.05) is 55.4 Å². The first-order chi connectivity index (χ1) is 7.66. The van der Waals surface area contributed by atoms with Gasteiger partial charge in [-0.05, 0) is 0 Å². The van der Waals surface area contributed by atoms with Crippen LogP contribution in [0.3, 0.4) is 0 Å². The maximum atomic E-state index is 11.4. The number of benzene rings is 1. The fourth-order valence-electron chi connectivity index (χ4n) is 1.47. The lowest BCUT2D eigenvalue weighted by atomic mass is 10.1. The summed E-state index contributed by atoms with van der Waals surface area (Å²) in [5.74, 6) is 0.594. The maximum absolute atomic E-state index is 11.4. The Morgan fingerprint density at radius 2 is 1.75 bits per heavy atom. The summed E-state index contributed by atoms with van der Waals surface area (Å²) in [5.41, 5.74) is 1.42. The number of anilines is 1. The Hall–Kier alpha value is -2.03. The van der Waals surface area contributed by atoms with Crippen molar-refractivity contribution in [2.45, 2.75) is 0 Å². The van der Waals surface area contributed by atoms with Crippen LogP contribution in [0.5, 0.6) is 0 Å². The lowest BCUT2D eigenvalue weighted by Crippen LogP contribution is -2.11. The van der Waals surface area contributed by atoms with E-state index in [2.05, 4.69) is 0 Å². The molecule has 0 saturated heterocycles. The van der Waals surface area contributed by atoms with Crippen LogP contribution in [-0.4, -0.2) is 14.1 Å². The van der Waals surface area contributed by atoms with Crippen LogP contribution in [-0.2, 0) is 0 Å². The number of hydrogen-bond acceptors (Lipinski definition) is 3. The Morgan fingerprint density at radius 1 is 1.06 bits per heavy atom. The maximum Gasteiger partial charge on any atom is 0.338 e. The molecular formula is C13H13NO2. The van der Waals surface area contributed by atoms with Crippen LogP contribution in [0.25, 0.3) is 11.3 Å². The highest BCUT2D eigenvalue weighted by Crippen LogP contribution is 2.21. The molecule has 0 fully saturated rings. The lowest BCUT2D eigenvalue weighted by molar-refractivity contribution is 0.526. The zero-order valence-electron chi connectivity index (χ0n) is 9.31. The predicted molar refractivity (Wildman–Crippen MR) is 64.7 cm³/mol. The zero-order chi connectivity index (χ0) is 11.5. The van der Waals surface area contributed by atoms with E-state index in [1.165, 1.54) is 6.07 Å². The van der Waals surface area contributed by atoms with Gasteiger partial charge in [-0.1, -0.05) is 30.3 Å². The number of rotatable bonds is 2. The summed E-state index contributed by atoms with van der Waals surface area (Å²) >= 11 is 0. The van der Waals surface area contributed by atoms with Crippen molar-refractivity contribution in [3.8, 4) is 11.3 Å². The van der Waals surface area contributed by atoms with E-state index < -0.39 is 0 Å². The van der Waals surface area contributed by atoms with E-state index in [9.17, 15) is 4.79 Å². The third-order valence-electron chi connectivity index (χ3n) is 2.33. The summed E-state index contributed by atoms with van der Waals surface area (Å²) < 4.78 is 5.17. The molecule has 0 atom stereocenters. The van der Waals surface area contributed by atoms with Crippen molar-refractivity contribution >= 4 is 5.69 Å². The van der Waals surface area contributed by atoms with Gasteiger partial charge in [-0.25, -0.2) is 4.79 Å². The average molecular weight is 215 g/mol. The van der Waals surface area contributed by atoms with Gasteiger partial charge in [-0.3, -0.25) is 0 Å². The van der Waals surface area contributed by atoms with E-state index in [0.717, 1.165) is 11.3 Å². The molecule has 82 valence electrons. The van der Waals surface area contributed by atoms with Crippen LogP contribution < -0.4 is 10.5 Å². The van der Waals surface area contributed by atoms with Crippen molar-refractivity contribution in [1.29, 1.82) is 0 Å². The van der Waals surface area contributed by atoms with Gasteiger partial charge in [0, 0.05) is 37.5 Å². The van der Waals surface area contributed by atoms with Gasteiger partial charge in [-0.2, -0.15) is 0 Å². The number of hydrogen-bond donors (Lipinski definition) is 0. The largest absolute Gasteiger partial charge is 0.423 e. The standard InChI is InChI=1S/C13H13NO2/c1-14(2)11-8-12(16-13(15)9-11)10-6-4-3-5-7-10/h3-9H,1-2H3. The molecule has 3 nitrogen and oxygen atoms in total. The topological polar surface area (TPSA) is 33.5 Å². The molecule has 16 heavy (non-hydrogen) atoms. The second-order valence-corrected chi connectivity index (χ2v) is 3.76. The van der Waals surface area contributed by atoms with Gasteiger partial charge < -0.3 is 9.32 Å². The fourth-order valence-corrected chi connectivity index (χ4v) is 1.47. The molecule has 0 radical (unpaired) electrons. The highest BCUT2D eigenvalue weighted by molar-refractivity contribution is 5.62. The van der Waals surface area contributed by atoms with Crippen LogP contribution in [0.15, 0.2) is 51.7 Å². The summed E-state index contributed by atoms with van der Waals surface area (Å²) in [5, 5.41) is 0. The minimum atomic E-state index is -0.329. The van der Waals surface area contributed by atoms with Crippen LogP contribution in [0, 0.1) is 0 Å². The molecule has 2 aromatic rings. The Bertz CT molecular complexity index is 529. The van der Waals surface area contributed by atoms with Crippen molar-refractivity contribution in [2.24, 2.45) is 0 Å². The van der Waals surface area contributed by atoms with Crippen molar-refractivity contribution in [3.63, 3.8) is 0 Å². The SMILES string of the molecule is CN(C)c1cc(-c2ccccc2)oc(=O)c1. The zero-order valence-corrected chi connectivity index (χ0v) is 9.31. The molecule has 0 N–H and O–H groups in total. The molecule has 0 amide bonds. The van der Waals surface area contributed by atoms with E-state index in [4.69, 9.17) is 4.42 Å². The second-order valence-electron chi connectivity index (χ2n) is 3.76. The molecule has 0 aliphatic rings. The highest BCUT2D eigenvalue weighted by Gasteiger charge is 2.04. The van der Waals surface area contributed by atoms with E-state index in [-0.39, 0.29) is 5.63 Å². The van der Waals surface area contributed by atoms with Crippen molar-refractivity contribution in [1.82, 2.24) is 0 Å². The molecule has 1 aromatic carbocycles. The van der Waals surface area contributed by atoms with Crippen molar-refractivity contribution in [3.05, 3.63) is 52.9 Å². The smallest absolute Gasteiger partial charge is 0.338 e. The second kappa shape index (κ2) is 4.23.